The number of carbonyl (C=O) groups excluding carboxylic acids is 3. The van der Waals surface area contributed by atoms with Crippen molar-refractivity contribution in [2.45, 2.75) is 38.3 Å². The number of halogens is 3. The Hall–Kier alpha value is -3.43. The fraction of sp³-hybridized carbons (Fsp3) is 0.286. The van der Waals surface area contributed by atoms with E-state index in [9.17, 15) is 36.0 Å². The van der Waals surface area contributed by atoms with E-state index >= 15 is 0 Å². The zero-order valence-corrected chi connectivity index (χ0v) is 18.0. The van der Waals surface area contributed by atoms with Crippen LogP contribution in [0.25, 0.3) is 10.8 Å². The van der Waals surface area contributed by atoms with Gasteiger partial charge in [0.2, 0.25) is 0 Å². The third-order valence-corrected chi connectivity index (χ3v) is 5.41. The molecule has 0 spiro atoms. The van der Waals surface area contributed by atoms with Crippen molar-refractivity contribution < 1.29 is 45.0 Å². The van der Waals surface area contributed by atoms with E-state index in [1.807, 2.05) is 6.92 Å². The van der Waals surface area contributed by atoms with Gasteiger partial charge in [-0.25, -0.2) is 0 Å². The van der Waals surface area contributed by atoms with E-state index in [1.165, 1.54) is 30.3 Å². The third kappa shape index (κ3) is 4.69. The van der Waals surface area contributed by atoms with Crippen molar-refractivity contribution in [2.24, 2.45) is 0 Å². The molecule has 1 unspecified atom stereocenters. The molecule has 1 atom stereocenters. The number of rotatable bonds is 5. The van der Waals surface area contributed by atoms with Gasteiger partial charge in [0.05, 0.1) is 11.1 Å². The van der Waals surface area contributed by atoms with Gasteiger partial charge in [0.25, 0.3) is 11.8 Å². The Labute approximate surface area is 186 Å². The molecule has 2 amide bonds. The molecule has 2 aromatic rings. The molecule has 33 heavy (non-hydrogen) atoms. The first-order chi connectivity index (χ1) is 15.4. The number of carbonyl (C=O) groups is 3. The van der Waals surface area contributed by atoms with Crippen molar-refractivity contribution in [3.05, 3.63) is 47.0 Å². The lowest BCUT2D eigenvalue weighted by Crippen LogP contribution is -2.44. The van der Waals surface area contributed by atoms with Crippen LogP contribution in [0, 0.1) is 11.8 Å². The van der Waals surface area contributed by atoms with E-state index < -0.39 is 44.6 Å². The maximum atomic E-state index is 12.7. The molecule has 0 saturated heterocycles. The van der Waals surface area contributed by atoms with Crippen LogP contribution in [0.5, 0.6) is 0 Å². The lowest BCUT2D eigenvalue weighted by molar-refractivity contribution is -0.145. The van der Waals surface area contributed by atoms with Gasteiger partial charge in [-0.2, -0.15) is 21.6 Å². The van der Waals surface area contributed by atoms with E-state index in [2.05, 4.69) is 16.1 Å². The fourth-order valence-corrected chi connectivity index (χ4v) is 3.48. The van der Waals surface area contributed by atoms with Crippen LogP contribution in [0.1, 0.15) is 53.0 Å². The SMILES string of the molecule is CCCC(=O)OC(C)C#Cc1ccc2c3c(cccc13)C(=O)N(OS(=O)(=O)C(F)(F)F)C2=O. The molecule has 0 bridgehead atoms. The molecular weight excluding hydrogens is 467 g/mol. The predicted octanol–water partition coefficient (Wildman–Crippen LogP) is 3.30. The predicted molar refractivity (Wildman–Crippen MR) is 108 cm³/mol. The lowest BCUT2D eigenvalue weighted by atomic mass is 9.92. The summed E-state index contributed by atoms with van der Waals surface area (Å²) in [4.78, 5) is 36.8. The highest BCUT2D eigenvalue weighted by Gasteiger charge is 2.51. The lowest BCUT2D eigenvalue weighted by Gasteiger charge is -2.25. The summed E-state index contributed by atoms with van der Waals surface area (Å²) < 4.78 is 69.7. The molecule has 1 heterocycles. The van der Waals surface area contributed by atoms with Crippen molar-refractivity contribution >= 4 is 38.7 Å². The Bertz CT molecular complexity index is 1300. The number of esters is 1. The summed E-state index contributed by atoms with van der Waals surface area (Å²) in [5.74, 6) is 2.36. The Kier molecular flexibility index (Phi) is 6.49. The van der Waals surface area contributed by atoms with Crippen molar-refractivity contribution in [1.82, 2.24) is 5.06 Å². The minimum absolute atomic E-state index is 0.0826. The largest absolute Gasteiger partial charge is 0.525 e. The smallest absolute Gasteiger partial charge is 0.449 e. The maximum absolute atomic E-state index is 12.7. The van der Waals surface area contributed by atoms with Crippen molar-refractivity contribution in [1.29, 1.82) is 0 Å². The molecule has 0 aromatic heterocycles. The molecule has 8 nitrogen and oxygen atoms in total. The van der Waals surface area contributed by atoms with Crippen LogP contribution >= 0.6 is 0 Å². The van der Waals surface area contributed by atoms with E-state index in [0.29, 0.717) is 17.4 Å². The zero-order valence-electron chi connectivity index (χ0n) is 17.2. The average Bonchev–Trinajstić information content (AvgIpc) is 2.73. The van der Waals surface area contributed by atoms with Gasteiger partial charge in [-0.05, 0) is 36.9 Å². The number of benzene rings is 2. The first-order valence-corrected chi connectivity index (χ1v) is 10.9. The quantitative estimate of drug-likeness (QED) is 0.278. The van der Waals surface area contributed by atoms with Gasteiger partial charge in [0, 0.05) is 17.4 Å². The molecule has 1 aliphatic rings. The number of imide groups is 1. The fourth-order valence-electron chi connectivity index (χ4n) is 3.06. The van der Waals surface area contributed by atoms with E-state index in [-0.39, 0.29) is 22.9 Å². The molecule has 1 aliphatic heterocycles. The molecule has 0 fully saturated rings. The van der Waals surface area contributed by atoms with Gasteiger partial charge < -0.3 is 4.74 Å². The summed E-state index contributed by atoms with van der Waals surface area (Å²) in [6.45, 7) is 3.38. The highest BCUT2D eigenvalue weighted by molar-refractivity contribution is 7.87. The van der Waals surface area contributed by atoms with Gasteiger partial charge in [-0.3, -0.25) is 14.4 Å². The molecule has 174 valence electrons. The Morgan fingerprint density at radius 2 is 1.76 bits per heavy atom. The number of hydroxylamine groups is 2. The second-order valence-electron chi connectivity index (χ2n) is 6.92. The Morgan fingerprint density at radius 3 is 2.36 bits per heavy atom. The van der Waals surface area contributed by atoms with Crippen molar-refractivity contribution in [3.8, 4) is 11.8 Å². The van der Waals surface area contributed by atoms with E-state index in [0.717, 1.165) is 0 Å². The van der Waals surface area contributed by atoms with Gasteiger partial charge in [0.1, 0.15) is 0 Å². The standard InChI is InChI=1S/C21H16F3NO7S/c1-3-5-17(26)31-12(2)8-9-13-10-11-16-18-14(13)6-4-7-15(18)19(27)25(20(16)28)32-33(29,30)21(22,23)24/h4,6-7,10-12H,3,5H2,1-2H3. The van der Waals surface area contributed by atoms with Gasteiger partial charge in [-0.1, -0.05) is 30.9 Å². The number of ether oxygens (including phenoxy) is 1. The summed E-state index contributed by atoms with van der Waals surface area (Å²) in [6, 6.07) is 6.70. The van der Waals surface area contributed by atoms with Crippen LogP contribution in [0.3, 0.4) is 0 Å². The van der Waals surface area contributed by atoms with Gasteiger partial charge >= 0.3 is 21.6 Å². The van der Waals surface area contributed by atoms with Gasteiger partial charge in [-0.15, -0.1) is 9.35 Å². The second-order valence-corrected chi connectivity index (χ2v) is 8.44. The first-order valence-electron chi connectivity index (χ1n) is 9.53. The van der Waals surface area contributed by atoms with Crippen molar-refractivity contribution in [3.63, 3.8) is 0 Å². The van der Waals surface area contributed by atoms with Crippen LogP contribution in [0.15, 0.2) is 30.3 Å². The van der Waals surface area contributed by atoms with E-state index in [4.69, 9.17) is 4.74 Å². The minimum atomic E-state index is -6.25. The summed E-state index contributed by atoms with van der Waals surface area (Å²) >= 11 is 0. The topological polar surface area (TPSA) is 107 Å². The monoisotopic (exact) mass is 483 g/mol. The highest BCUT2D eigenvalue weighted by atomic mass is 32.2. The van der Waals surface area contributed by atoms with Gasteiger partial charge in [0.15, 0.2) is 6.10 Å². The molecule has 0 N–H and O–H groups in total. The number of amides is 2. The minimum Gasteiger partial charge on any atom is -0.449 e. The summed E-state index contributed by atoms with van der Waals surface area (Å²) in [6.07, 6.45) is 0.107. The summed E-state index contributed by atoms with van der Waals surface area (Å²) in [5, 5.41) is -0.0237. The number of hydrogen-bond donors (Lipinski definition) is 0. The number of alkyl halides is 3. The van der Waals surface area contributed by atoms with Crippen LogP contribution in [-0.2, 0) is 23.9 Å². The van der Waals surface area contributed by atoms with Crippen LogP contribution < -0.4 is 0 Å². The second kappa shape index (κ2) is 8.84. The van der Waals surface area contributed by atoms with Crippen molar-refractivity contribution in [2.75, 3.05) is 0 Å². The molecular formula is C21H16F3NO7S. The molecule has 3 rings (SSSR count). The number of hydrogen-bond acceptors (Lipinski definition) is 7. The van der Waals surface area contributed by atoms with Crippen LogP contribution in [0.2, 0.25) is 0 Å². The molecule has 12 heteroatoms. The van der Waals surface area contributed by atoms with Crippen LogP contribution in [0.4, 0.5) is 13.2 Å². The Balaban J connectivity index is 2.01. The third-order valence-electron chi connectivity index (χ3n) is 4.50. The normalized spacial score (nSPS) is 14.6. The Morgan fingerprint density at radius 1 is 1.12 bits per heavy atom. The molecule has 0 aliphatic carbocycles. The van der Waals surface area contributed by atoms with E-state index in [1.54, 1.807) is 6.92 Å². The molecule has 2 aromatic carbocycles. The first kappa shape index (κ1) is 24.2. The molecule has 0 saturated carbocycles. The maximum Gasteiger partial charge on any atom is 0.525 e. The number of nitrogens with zero attached hydrogens (tertiary/aromatic N) is 1. The summed E-state index contributed by atoms with van der Waals surface area (Å²) in [7, 11) is -6.25. The highest BCUT2D eigenvalue weighted by Crippen LogP contribution is 2.34. The molecule has 0 radical (unpaired) electrons. The van der Waals surface area contributed by atoms with Crippen LogP contribution in [-0.4, -0.2) is 42.9 Å². The summed E-state index contributed by atoms with van der Waals surface area (Å²) in [5.41, 5.74) is -5.97. The zero-order chi connectivity index (χ0) is 24.6. The average molecular weight is 483 g/mol.